The van der Waals surface area contributed by atoms with Gasteiger partial charge < -0.3 is 4.43 Å². The Hall–Kier alpha value is -1.87. The number of carbonyl (C=O) groups is 1. The maximum atomic E-state index is 10.8. The van der Waals surface area contributed by atoms with Crippen LogP contribution >= 0.6 is 0 Å². The van der Waals surface area contributed by atoms with Crippen LogP contribution in [0.25, 0.3) is 0 Å². The van der Waals surface area contributed by atoms with Gasteiger partial charge in [-0.1, -0.05) is 60.7 Å². The van der Waals surface area contributed by atoms with Crippen molar-refractivity contribution in [2.75, 3.05) is 0 Å². The number of hydrogen-bond acceptors (Lipinski definition) is 2. The van der Waals surface area contributed by atoms with Crippen LogP contribution in [0.1, 0.15) is 0 Å². The summed E-state index contributed by atoms with van der Waals surface area (Å²) in [5.41, 5.74) is 0. The van der Waals surface area contributed by atoms with E-state index in [9.17, 15) is 4.79 Å². The van der Waals surface area contributed by atoms with Crippen LogP contribution in [0, 0.1) is 0 Å². The quantitative estimate of drug-likeness (QED) is 0.465. The van der Waals surface area contributed by atoms with E-state index < -0.39 is 8.32 Å². The standard InChI is InChI=1S/C14H14O2Si/c1-17(16-12-15,13-8-4-2-5-9-13)14-10-6-3-7-11-14/h2-12H,1H3/i15+2,16+2. The summed E-state index contributed by atoms with van der Waals surface area (Å²) in [5, 5.41) is 2.19. The topological polar surface area (TPSA) is 26.3 Å². The lowest BCUT2D eigenvalue weighted by molar-refractivity contribution is -0.121. The molecule has 0 atom stereocenters. The van der Waals surface area contributed by atoms with Gasteiger partial charge in [-0.15, -0.1) is 0 Å². The van der Waals surface area contributed by atoms with E-state index in [0.717, 1.165) is 10.4 Å². The number of carbonyl (C=O) groups excluding carboxylic acids is 1. The van der Waals surface area contributed by atoms with Crippen molar-refractivity contribution in [2.45, 2.75) is 6.55 Å². The van der Waals surface area contributed by atoms with Crippen LogP contribution in [0.15, 0.2) is 60.7 Å². The minimum Gasteiger partial charge on any atom is -0.512 e. The zero-order valence-electron chi connectivity index (χ0n) is 9.67. The summed E-state index contributed by atoms with van der Waals surface area (Å²) in [7, 11) is -2.37. The van der Waals surface area contributed by atoms with Gasteiger partial charge in [0.25, 0.3) is 6.47 Å². The molecular formula is C14H14O2Si. The molecule has 86 valence electrons. The second kappa shape index (κ2) is 4.97. The van der Waals surface area contributed by atoms with Crippen molar-refractivity contribution < 1.29 is 9.22 Å². The van der Waals surface area contributed by atoms with Gasteiger partial charge in [0, 0.05) is 0 Å². The molecule has 0 saturated carbocycles. The molecule has 2 aromatic rings. The highest BCUT2D eigenvalue weighted by Gasteiger charge is 2.35. The highest BCUT2D eigenvalue weighted by Crippen LogP contribution is 2.05. The molecule has 17 heavy (non-hydrogen) atoms. The zero-order valence-corrected chi connectivity index (χ0v) is 10.7. The van der Waals surface area contributed by atoms with Gasteiger partial charge in [0.15, 0.2) is 0 Å². The van der Waals surface area contributed by atoms with Crippen molar-refractivity contribution in [3.8, 4) is 0 Å². The Bertz CT molecular complexity index is 443. The SMILES string of the molecule is C[Si]([18O]C=[18O])(c1ccccc1)c1ccccc1. The molecule has 2 aromatic carbocycles. The summed E-state index contributed by atoms with van der Waals surface area (Å²) in [6, 6.07) is 19.9. The van der Waals surface area contributed by atoms with Crippen LogP contribution in [-0.4, -0.2) is 14.8 Å². The molecule has 0 N–H and O–H groups in total. The van der Waals surface area contributed by atoms with Gasteiger partial charge in [0.05, 0.1) is 0 Å². The van der Waals surface area contributed by atoms with E-state index in [1.54, 1.807) is 0 Å². The van der Waals surface area contributed by atoms with Crippen LogP contribution in [0.5, 0.6) is 0 Å². The van der Waals surface area contributed by atoms with Gasteiger partial charge in [-0.3, -0.25) is 4.79 Å². The molecule has 0 radical (unpaired) electrons. The van der Waals surface area contributed by atoms with Gasteiger partial charge in [-0.2, -0.15) is 0 Å². The second-order valence-electron chi connectivity index (χ2n) is 3.98. The highest BCUT2D eigenvalue weighted by atomic mass is 28.4. The normalized spacial score (nSPS) is 10.9. The minimum atomic E-state index is -2.37. The molecule has 0 heterocycles. The lowest BCUT2D eigenvalue weighted by Crippen LogP contribution is -2.58. The molecule has 0 saturated heterocycles. The Morgan fingerprint density at radius 2 is 1.29 bits per heavy atom. The third-order valence-electron chi connectivity index (χ3n) is 2.93. The zero-order chi connectivity index (χ0) is 12.1. The lowest BCUT2D eigenvalue weighted by atomic mass is 10.4. The fourth-order valence-corrected chi connectivity index (χ4v) is 4.37. The Balaban J connectivity index is 2.50. The first kappa shape index (κ1) is 11.6. The summed E-state index contributed by atoms with van der Waals surface area (Å²) < 4.78 is 5.46. The van der Waals surface area contributed by atoms with Crippen molar-refractivity contribution in [3.63, 3.8) is 0 Å². The smallest absolute Gasteiger partial charge is 0.315 e. The van der Waals surface area contributed by atoms with E-state index in [1.807, 2.05) is 67.2 Å². The average molecular weight is 246 g/mol. The van der Waals surface area contributed by atoms with Gasteiger partial charge >= 0.3 is 8.32 Å². The van der Waals surface area contributed by atoms with Gasteiger partial charge in [0.2, 0.25) is 0 Å². The van der Waals surface area contributed by atoms with E-state index >= 15 is 0 Å². The summed E-state index contributed by atoms with van der Waals surface area (Å²) in [4.78, 5) is 10.8. The van der Waals surface area contributed by atoms with E-state index in [0.29, 0.717) is 6.47 Å². The first-order valence-electron chi connectivity index (χ1n) is 5.50. The fraction of sp³-hybridized carbons (Fsp3) is 0.0714. The molecule has 2 nitrogen and oxygen atoms in total. The molecule has 0 aliphatic carbocycles. The molecule has 2 rings (SSSR count). The second-order valence-corrected chi connectivity index (χ2v) is 7.44. The van der Waals surface area contributed by atoms with Crippen LogP contribution in [0.3, 0.4) is 0 Å². The Labute approximate surface area is 102 Å². The molecule has 0 fully saturated rings. The van der Waals surface area contributed by atoms with Crippen molar-refractivity contribution in [1.29, 1.82) is 0 Å². The van der Waals surface area contributed by atoms with E-state index in [1.165, 1.54) is 0 Å². The van der Waals surface area contributed by atoms with E-state index in [-0.39, 0.29) is 0 Å². The Morgan fingerprint density at radius 1 is 0.882 bits per heavy atom. The number of benzene rings is 2. The Kier molecular flexibility index (Phi) is 3.39. The third kappa shape index (κ3) is 2.29. The molecule has 0 aliphatic rings. The number of hydrogen-bond donors (Lipinski definition) is 0. The predicted molar refractivity (Wildman–Crippen MR) is 70.9 cm³/mol. The maximum absolute atomic E-state index is 10.8. The first-order valence-corrected chi connectivity index (χ1v) is 7.91. The largest absolute Gasteiger partial charge is 0.512 e. The van der Waals surface area contributed by atoms with E-state index in [2.05, 4.69) is 0 Å². The minimum absolute atomic E-state index is 0.562. The first-order chi connectivity index (χ1) is 8.27. The van der Waals surface area contributed by atoms with Crippen LogP contribution in [0.4, 0.5) is 0 Å². The van der Waals surface area contributed by atoms with Crippen molar-refractivity contribution in [1.82, 2.24) is 0 Å². The molecule has 3 heteroatoms. The maximum Gasteiger partial charge on any atom is 0.315 e. The molecule has 0 spiro atoms. The summed E-state index contributed by atoms with van der Waals surface area (Å²) >= 11 is 0. The summed E-state index contributed by atoms with van der Waals surface area (Å²) in [6.07, 6.45) is 0. The summed E-state index contributed by atoms with van der Waals surface area (Å²) in [5.74, 6) is 0. The third-order valence-corrected chi connectivity index (χ3v) is 6.37. The monoisotopic (exact) mass is 246 g/mol. The molecule has 0 bridgehead atoms. The van der Waals surface area contributed by atoms with Gasteiger partial charge in [-0.05, 0) is 16.9 Å². The van der Waals surface area contributed by atoms with Crippen LogP contribution in [0.2, 0.25) is 6.55 Å². The summed E-state index contributed by atoms with van der Waals surface area (Å²) in [6.45, 7) is 2.60. The molecule has 0 aromatic heterocycles. The fourth-order valence-electron chi connectivity index (χ4n) is 1.91. The van der Waals surface area contributed by atoms with Crippen molar-refractivity contribution in [3.05, 3.63) is 60.7 Å². The highest BCUT2D eigenvalue weighted by molar-refractivity contribution is 6.97. The van der Waals surface area contributed by atoms with Crippen LogP contribution in [-0.2, 0) is 9.22 Å². The van der Waals surface area contributed by atoms with Crippen LogP contribution < -0.4 is 10.4 Å². The van der Waals surface area contributed by atoms with Gasteiger partial charge in [0.1, 0.15) is 0 Å². The molecule has 0 aliphatic heterocycles. The van der Waals surface area contributed by atoms with E-state index in [4.69, 9.17) is 4.43 Å². The molecular weight excluding hydrogens is 232 g/mol. The molecule has 0 amide bonds. The average Bonchev–Trinajstić information content (AvgIpc) is 2.41. The number of rotatable bonds is 4. The lowest BCUT2D eigenvalue weighted by Gasteiger charge is -2.25. The van der Waals surface area contributed by atoms with Crippen molar-refractivity contribution in [2.24, 2.45) is 0 Å². The molecule has 0 unspecified atom stereocenters. The Morgan fingerprint density at radius 3 is 1.65 bits per heavy atom. The van der Waals surface area contributed by atoms with Crippen molar-refractivity contribution >= 4 is 25.2 Å². The van der Waals surface area contributed by atoms with Gasteiger partial charge in [-0.25, -0.2) is 0 Å². The predicted octanol–water partition coefficient (Wildman–Crippen LogP) is 1.55.